The van der Waals surface area contributed by atoms with E-state index in [0.29, 0.717) is 34.5 Å². The Morgan fingerprint density at radius 1 is 1.21 bits per heavy atom. The van der Waals surface area contributed by atoms with E-state index in [1.54, 1.807) is 29.2 Å². The Bertz CT molecular complexity index is 797. The molecule has 2 heterocycles. The van der Waals surface area contributed by atoms with Gasteiger partial charge >= 0.3 is 0 Å². The third kappa shape index (κ3) is 3.27. The van der Waals surface area contributed by atoms with Crippen LogP contribution in [0.25, 0.3) is 0 Å². The van der Waals surface area contributed by atoms with Crippen molar-refractivity contribution in [3.63, 3.8) is 0 Å². The van der Waals surface area contributed by atoms with Crippen molar-refractivity contribution < 1.29 is 9.59 Å². The fraction of sp³-hybridized carbons (Fsp3) is 0.200. The van der Waals surface area contributed by atoms with Gasteiger partial charge in [0.25, 0.3) is 5.91 Å². The first kappa shape index (κ1) is 16.5. The van der Waals surface area contributed by atoms with Gasteiger partial charge in [0.2, 0.25) is 5.91 Å². The highest BCUT2D eigenvalue weighted by Crippen LogP contribution is 2.30. The third-order valence-corrected chi connectivity index (χ3v) is 4.40. The van der Waals surface area contributed by atoms with Gasteiger partial charge in [-0.05, 0) is 36.8 Å². The molecule has 1 aromatic carbocycles. The summed E-state index contributed by atoms with van der Waals surface area (Å²) in [5.41, 5.74) is 5.87. The largest absolute Gasteiger partial charge is 0.364 e. The van der Waals surface area contributed by atoms with Crippen LogP contribution in [-0.2, 0) is 4.79 Å². The van der Waals surface area contributed by atoms with Crippen LogP contribution >= 0.6 is 23.2 Å². The lowest BCUT2D eigenvalue weighted by Gasteiger charge is -2.18. The van der Waals surface area contributed by atoms with Crippen LogP contribution in [0.3, 0.4) is 0 Å². The number of hydrogen-bond donors (Lipinski definition) is 2. The van der Waals surface area contributed by atoms with Crippen LogP contribution in [0.2, 0.25) is 10.0 Å². The number of nitrogens with two attached hydrogens (primary N) is 1. The summed E-state index contributed by atoms with van der Waals surface area (Å²) in [5, 5.41) is 11.4. The van der Waals surface area contributed by atoms with E-state index in [9.17, 15) is 9.59 Å². The van der Waals surface area contributed by atoms with Gasteiger partial charge in [-0.15, -0.1) is 10.2 Å². The molecule has 0 spiro atoms. The summed E-state index contributed by atoms with van der Waals surface area (Å²) in [7, 11) is 0. The van der Waals surface area contributed by atoms with Crippen LogP contribution in [0.15, 0.2) is 30.3 Å². The summed E-state index contributed by atoms with van der Waals surface area (Å²) in [5.74, 6) is -0.361. The standard InChI is InChI=1S/C15H13Cl2N5O2/c16-9-2-1-8(7-10(9)17)22-6-5-12(15(22)24)19-13-4-3-11(14(18)23)20-21-13/h1-4,7,12H,5-6H2,(H2,18,23)(H,19,21). The molecular formula is C15H13Cl2N5O2. The van der Waals surface area contributed by atoms with Gasteiger partial charge in [-0.1, -0.05) is 23.2 Å². The molecule has 9 heteroatoms. The number of aromatic nitrogens is 2. The van der Waals surface area contributed by atoms with Gasteiger partial charge in [0.1, 0.15) is 11.9 Å². The second-order valence-corrected chi connectivity index (χ2v) is 6.06. The van der Waals surface area contributed by atoms with E-state index < -0.39 is 11.9 Å². The lowest BCUT2D eigenvalue weighted by atomic mass is 10.2. The van der Waals surface area contributed by atoms with E-state index in [0.717, 1.165) is 0 Å². The zero-order valence-corrected chi connectivity index (χ0v) is 13.9. The number of anilines is 2. The van der Waals surface area contributed by atoms with E-state index in [1.165, 1.54) is 6.07 Å². The van der Waals surface area contributed by atoms with Gasteiger partial charge in [-0.25, -0.2) is 0 Å². The summed E-state index contributed by atoms with van der Waals surface area (Å²) >= 11 is 11.9. The monoisotopic (exact) mass is 365 g/mol. The van der Waals surface area contributed by atoms with Crippen LogP contribution in [0, 0.1) is 0 Å². The summed E-state index contributed by atoms with van der Waals surface area (Å²) in [6.45, 7) is 0.543. The second-order valence-electron chi connectivity index (χ2n) is 5.24. The van der Waals surface area contributed by atoms with Crippen molar-refractivity contribution in [1.29, 1.82) is 0 Å². The maximum absolute atomic E-state index is 12.5. The van der Waals surface area contributed by atoms with Crippen molar-refractivity contribution in [2.24, 2.45) is 5.73 Å². The molecule has 0 radical (unpaired) electrons. The van der Waals surface area contributed by atoms with Crippen molar-refractivity contribution in [3.05, 3.63) is 46.1 Å². The van der Waals surface area contributed by atoms with Gasteiger partial charge in [-0.3, -0.25) is 9.59 Å². The molecule has 1 atom stereocenters. The van der Waals surface area contributed by atoms with Crippen molar-refractivity contribution in [3.8, 4) is 0 Å². The SMILES string of the molecule is NC(=O)c1ccc(NC2CCN(c3ccc(Cl)c(Cl)c3)C2=O)nn1. The Labute approximate surface area is 147 Å². The molecule has 0 aliphatic carbocycles. The normalized spacial score (nSPS) is 17.2. The van der Waals surface area contributed by atoms with Gasteiger partial charge < -0.3 is 16.0 Å². The molecular weight excluding hydrogens is 353 g/mol. The fourth-order valence-corrected chi connectivity index (χ4v) is 2.73. The smallest absolute Gasteiger partial charge is 0.269 e. The number of benzene rings is 1. The quantitative estimate of drug-likeness (QED) is 0.863. The van der Waals surface area contributed by atoms with Crippen LogP contribution in [-0.4, -0.2) is 34.6 Å². The van der Waals surface area contributed by atoms with Crippen molar-refractivity contribution >= 4 is 46.5 Å². The Balaban J connectivity index is 1.71. The van der Waals surface area contributed by atoms with Crippen molar-refractivity contribution in [2.45, 2.75) is 12.5 Å². The minimum Gasteiger partial charge on any atom is -0.364 e. The van der Waals surface area contributed by atoms with Crippen LogP contribution < -0.4 is 16.0 Å². The number of nitrogens with one attached hydrogen (secondary N) is 1. The van der Waals surface area contributed by atoms with E-state index in [2.05, 4.69) is 15.5 Å². The number of carbonyl (C=O) groups excluding carboxylic acids is 2. The van der Waals surface area contributed by atoms with E-state index in [-0.39, 0.29) is 11.6 Å². The Kier molecular flexibility index (Phi) is 4.55. The average molecular weight is 366 g/mol. The predicted molar refractivity (Wildman–Crippen MR) is 91.4 cm³/mol. The predicted octanol–water partition coefficient (Wildman–Crippen LogP) is 2.10. The second kappa shape index (κ2) is 6.62. The molecule has 1 aromatic heterocycles. The number of rotatable bonds is 4. The molecule has 3 rings (SSSR count). The molecule has 2 aromatic rings. The lowest BCUT2D eigenvalue weighted by Crippen LogP contribution is -2.33. The highest BCUT2D eigenvalue weighted by molar-refractivity contribution is 6.42. The maximum atomic E-state index is 12.5. The lowest BCUT2D eigenvalue weighted by molar-refractivity contribution is -0.117. The molecule has 2 amide bonds. The number of amides is 2. The maximum Gasteiger partial charge on any atom is 0.269 e. The van der Waals surface area contributed by atoms with E-state index in [4.69, 9.17) is 28.9 Å². The summed E-state index contributed by atoms with van der Waals surface area (Å²) in [6, 6.07) is 7.63. The molecule has 3 N–H and O–H groups in total. The molecule has 1 fully saturated rings. The molecule has 1 unspecified atom stereocenters. The minimum absolute atomic E-state index is 0.0655. The summed E-state index contributed by atoms with van der Waals surface area (Å²) < 4.78 is 0. The number of hydrogen-bond acceptors (Lipinski definition) is 5. The zero-order chi connectivity index (χ0) is 17.3. The highest BCUT2D eigenvalue weighted by atomic mass is 35.5. The number of halogens is 2. The molecule has 1 aliphatic heterocycles. The molecule has 1 aliphatic rings. The van der Waals surface area contributed by atoms with Crippen LogP contribution in [0.4, 0.5) is 11.5 Å². The van der Waals surface area contributed by atoms with Crippen molar-refractivity contribution in [1.82, 2.24) is 10.2 Å². The molecule has 0 saturated carbocycles. The molecule has 7 nitrogen and oxygen atoms in total. The van der Waals surface area contributed by atoms with Crippen LogP contribution in [0.1, 0.15) is 16.9 Å². The first-order chi connectivity index (χ1) is 11.5. The van der Waals surface area contributed by atoms with E-state index in [1.807, 2.05) is 0 Å². The average Bonchev–Trinajstić information content (AvgIpc) is 2.91. The molecule has 124 valence electrons. The highest BCUT2D eigenvalue weighted by Gasteiger charge is 2.33. The van der Waals surface area contributed by atoms with Gasteiger partial charge in [0.15, 0.2) is 5.69 Å². The number of nitrogens with zero attached hydrogens (tertiary/aromatic N) is 3. The topological polar surface area (TPSA) is 101 Å². The van der Waals surface area contributed by atoms with E-state index >= 15 is 0 Å². The molecule has 24 heavy (non-hydrogen) atoms. The summed E-state index contributed by atoms with van der Waals surface area (Å²) in [4.78, 5) is 25.2. The fourth-order valence-electron chi connectivity index (χ4n) is 2.44. The van der Waals surface area contributed by atoms with Gasteiger partial charge in [0, 0.05) is 12.2 Å². The summed E-state index contributed by atoms with van der Waals surface area (Å²) in [6.07, 6.45) is 0.596. The van der Waals surface area contributed by atoms with Crippen LogP contribution in [0.5, 0.6) is 0 Å². The molecule has 0 bridgehead atoms. The first-order valence-electron chi connectivity index (χ1n) is 7.12. The molecule has 1 saturated heterocycles. The van der Waals surface area contributed by atoms with Gasteiger partial charge in [0.05, 0.1) is 10.0 Å². The number of carbonyl (C=O) groups is 2. The van der Waals surface area contributed by atoms with Gasteiger partial charge in [-0.2, -0.15) is 0 Å². The third-order valence-electron chi connectivity index (χ3n) is 3.66. The Hall–Kier alpha value is -2.38. The Morgan fingerprint density at radius 2 is 2.00 bits per heavy atom. The minimum atomic E-state index is -0.656. The van der Waals surface area contributed by atoms with Crippen molar-refractivity contribution in [2.75, 3.05) is 16.8 Å². The first-order valence-corrected chi connectivity index (χ1v) is 7.88. The number of primary amides is 1. The Morgan fingerprint density at radius 3 is 2.62 bits per heavy atom. The zero-order valence-electron chi connectivity index (χ0n) is 12.4.